The first-order valence-corrected chi connectivity index (χ1v) is 7.86. The van der Waals surface area contributed by atoms with E-state index in [-0.39, 0.29) is 11.9 Å². The van der Waals surface area contributed by atoms with Crippen LogP contribution in [-0.2, 0) is 13.0 Å². The second kappa shape index (κ2) is 5.81. The van der Waals surface area contributed by atoms with Gasteiger partial charge in [0.1, 0.15) is 0 Å². The van der Waals surface area contributed by atoms with E-state index in [0.717, 1.165) is 23.5 Å². The molecule has 1 aliphatic heterocycles. The van der Waals surface area contributed by atoms with Crippen LogP contribution < -0.4 is 11.1 Å². The van der Waals surface area contributed by atoms with Gasteiger partial charge in [-0.1, -0.05) is 30.3 Å². The maximum absolute atomic E-state index is 12.2. The SMILES string of the molecule is Nc1nccc(-c2cc3c(n2Cc2ccccc2)CCNC3=O)n1. The zero-order valence-corrected chi connectivity index (χ0v) is 13.1. The Kier molecular flexibility index (Phi) is 3.49. The number of amides is 1. The molecule has 6 nitrogen and oxygen atoms in total. The molecule has 0 unspecified atom stereocenters. The molecule has 2 aromatic heterocycles. The summed E-state index contributed by atoms with van der Waals surface area (Å²) in [5.74, 6) is 0.189. The molecule has 0 spiro atoms. The number of rotatable bonds is 3. The Morgan fingerprint density at radius 3 is 2.83 bits per heavy atom. The molecule has 0 saturated carbocycles. The van der Waals surface area contributed by atoms with Crippen molar-refractivity contribution in [1.29, 1.82) is 0 Å². The molecule has 4 rings (SSSR count). The number of anilines is 1. The third kappa shape index (κ3) is 2.52. The van der Waals surface area contributed by atoms with Crippen LogP contribution in [0.15, 0.2) is 48.7 Å². The number of nitrogens with one attached hydrogen (secondary N) is 1. The largest absolute Gasteiger partial charge is 0.368 e. The predicted octanol–water partition coefficient (Wildman–Crippen LogP) is 1.86. The fourth-order valence-electron chi connectivity index (χ4n) is 3.12. The zero-order valence-electron chi connectivity index (χ0n) is 13.1. The monoisotopic (exact) mass is 319 g/mol. The van der Waals surface area contributed by atoms with Crippen molar-refractivity contribution in [1.82, 2.24) is 19.9 Å². The van der Waals surface area contributed by atoms with Crippen LogP contribution in [0.2, 0.25) is 0 Å². The Labute approximate surface area is 139 Å². The van der Waals surface area contributed by atoms with E-state index in [1.165, 1.54) is 5.56 Å². The van der Waals surface area contributed by atoms with Crippen LogP contribution in [0, 0.1) is 0 Å². The maximum Gasteiger partial charge on any atom is 0.253 e. The number of fused-ring (bicyclic) bond motifs is 1. The Hall–Kier alpha value is -3.15. The minimum absolute atomic E-state index is 0.0358. The molecule has 3 N–H and O–H groups in total. The highest BCUT2D eigenvalue weighted by atomic mass is 16.1. The van der Waals surface area contributed by atoms with E-state index >= 15 is 0 Å². The van der Waals surface area contributed by atoms with Gasteiger partial charge in [-0.3, -0.25) is 4.79 Å². The maximum atomic E-state index is 12.2. The van der Waals surface area contributed by atoms with Crippen molar-refractivity contribution in [3.8, 4) is 11.4 Å². The van der Waals surface area contributed by atoms with Gasteiger partial charge >= 0.3 is 0 Å². The first-order chi connectivity index (χ1) is 11.7. The smallest absolute Gasteiger partial charge is 0.253 e. The second-order valence-corrected chi connectivity index (χ2v) is 5.77. The lowest BCUT2D eigenvalue weighted by molar-refractivity contribution is 0.0945. The van der Waals surface area contributed by atoms with E-state index in [4.69, 9.17) is 5.73 Å². The summed E-state index contributed by atoms with van der Waals surface area (Å²) in [6.45, 7) is 1.33. The standard InChI is InChI=1S/C18H17N5O/c19-18-21-8-6-14(22-18)16-10-13-15(7-9-20-17(13)24)23(16)11-12-4-2-1-3-5-12/h1-6,8,10H,7,9,11H2,(H,20,24)(H2,19,21,22). The molecule has 3 aromatic rings. The third-order valence-corrected chi connectivity index (χ3v) is 4.22. The Morgan fingerprint density at radius 1 is 1.21 bits per heavy atom. The highest BCUT2D eigenvalue weighted by Crippen LogP contribution is 2.28. The lowest BCUT2D eigenvalue weighted by Gasteiger charge is -2.17. The predicted molar refractivity (Wildman–Crippen MR) is 91.5 cm³/mol. The van der Waals surface area contributed by atoms with Crippen LogP contribution in [-0.4, -0.2) is 27.0 Å². The number of benzene rings is 1. The quantitative estimate of drug-likeness (QED) is 0.771. The van der Waals surface area contributed by atoms with Crippen LogP contribution in [0.5, 0.6) is 0 Å². The number of nitrogens with zero attached hydrogens (tertiary/aromatic N) is 3. The number of hydrogen-bond donors (Lipinski definition) is 2. The molecule has 0 fully saturated rings. The van der Waals surface area contributed by atoms with Crippen molar-refractivity contribution < 1.29 is 4.79 Å². The van der Waals surface area contributed by atoms with Crippen LogP contribution >= 0.6 is 0 Å². The second-order valence-electron chi connectivity index (χ2n) is 5.77. The molecule has 1 aromatic carbocycles. The molecule has 0 aliphatic carbocycles. The molecule has 24 heavy (non-hydrogen) atoms. The summed E-state index contributed by atoms with van der Waals surface area (Å²) in [7, 11) is 0. The number of nitrogen functional groups attached to an aromatic ring is 1. The van der Waals surface area contributed by atoms with Gasteiger partial charge < -0.3 is 15.6 Å². The molecule has 120 valence electrons. The van der Waals surface area contributed by atoms with Gasteiger partial charge in [-0.05, 0) is 17.7 Å². The average molecular weight is 319 g/mol. The van der Waals surface area contributed by atoms with Crippen molar-refractivity contribution in [2.75, 3.05) is 12.3 Å². The van der Waals surface area contributed by atoms with Crippen molar-refractivity contribution in [2.45, 2.75) is 13.0 Å². The number of carbonyl (C=O) groups is 1. The molecule has 1 aliphatic rings. The molecule has 6 heteroatoms. The normalized spacial score (nSPS) is 13.4. The summed E-state index contributed by atoms with van der Waals surface area (Å²) < 4.78 is 2.16. The van der Waals surface area contributed by atoms with Crippen LogP contribution in [0.4, 0.5) is 5.95 Å². The number of hydrogen-bond acceptors (Lipinski definition) is 4. The van der Waals surface area contributed by atoms with Crippen molar-refractivity contribution >= 4 is 11.9 Å². The molecule has 3 heterocycles. The Balaban J connectivity index is 1.87. The van der Waals surface area contributed by atoms with Gasteiger partial charge in [0.05, 0.1) is 17.0 Å². The molecular weight excluding hydrogens is 302 g/mol. The Bertz CT molecular complexity index is 901. The molecule has 0 radical (unpaired) electrons. The molecular formula is C18H17N5O. The van der Waals surface area contributed by atoms with E-state index in [2.05, 4.69) is 32.0 Å². The fourth-order valence-corrected chi connectivity index (χ4v) is 3.12. The Morgan fingerprint density at radius 2 is 2.04 bits per heavy atom. The molecule has 0 bridgehead atoms. The van der Waals surface area contributed by atoms with Crippen LogP contribution in [0.1, 0.15) is 21.6 Å². The van der Waals surface area contributed by atoms with Gasteiger partial charge in [0.15, 0.2) is 0 Å². The van der Waals surface area contributed by atoms with Gasteiger partial charge in [-0.15, -0.1) is 0 Å². The summed E-state index contributed by atoms with van der Waals surface area (Å²) in [4.78, 5) is 20.5. The third-order valence-electron chi connectivity index (χ3n) is 4.22. The number of carbonyl (C=O) groups excluding carboxylic acids is 1. The topological polar surface area (TPSA) is 85.8 Å². The summed E-state index contributed by atoms with van der Waals surface area (Å²) >= 11 is 0. The van der Waals surface area contributed by atoms with E-state index in [1.807, 2.05) is 30.3 Å². The van der Waals surface area contributed by atoms with Crippen molar-refractivity contribution in [2.24, 2.45) is 0 Å². The van der Waals surface area contributed by atoms with Gasteiger partial charge in [0, 0.05) is 31.4 Å². The molecule has 1 amide bonds. The van der Waals surface area contributed by atoms with E-state index in [1.54, 1.807) is 6.20 Å². The molecule has 0 saturated heterocycles. The van der Waals surface area contributed by atoms with Crippen LogP contribution in [0.3, 0.4) is 0 Å². The summed E-state index contributed by atoms with van der Waals surface area (Å²) in [6.07, 6.45) is 2.44. The minimum atomic E-state index is -0.0358. The highest BCUT2D eigenvalue weighted by molar-refractivity contribution is 5.97. The molecule has 0 atom stereocenters. The summed E-state index contributed by atoms with van der Waals surface area (Å²) in [6, 6.07) is 13.9. The van der Waals surface area contributed by atoms with E-state index < -0.39 is 0 Å². The number of aromatic nitrogens is 3. The van der Waals surface area contributed by atoms with Crippen molar-refractivity contribution in [3.05, 3.63) is 65.5 Å². The lowest BCUT2D eigenvalue weighted by atomic mass is 10.1. The van der Waals surface area contributed by atoms with E-state index in [9.17, 15) is 4.79 Å². The minimum Gasteiger partial charge on any atom is -0.368 e. The van der Waals surface area contributed by atoms with Gasteiger partial charge in [-0.25, -0.2) is 9.97 Å². The van der Waals surface area contributed by atoms with Gasteiger partial charge in [0.2, 0.25) is 5.95 Å². The zero-order chi connectivity index (χ0) is 16.5. The number of nitrogens with two attached hydrogens (primary N) is 1. The van der Waals surface area contributed by atoms with Crippen LogP contribution in [0.25, 0.3) is 11.4 Å². The fraction of sp³-hybridized carbons (Fsp3) is 0.167. The average Bonchev–Trinajstić information content (AvgIpc) is 2.96. The summed E-state index contributed by atoms with van der Waals surface area (Å²) in [5.41, 5.74) is 10.3. The van der Waals surface area contributed by atoms with E-state index in [0.29, 0.717) is 18.7 Å². The lowest BCUT2D eigenvalue weighted by Crippen LogP contribution is -2.32. The first kappa shape index (κ1) is 14.4. The van der Waals surface area contributed by atoms with Gasteiger partial charge in [0.25, 0.3) is 5.91 Å². The highest BCUT2D eigenvalue weighted by Gasteiger charge is 2.24. The summed E-state index contributed by atoms with van der Waals surface area (Å²) in [5, 5.41) is 2.90. The van der Waals surface area contributed by atoms with Gasteiger partial charge in [-0.2, -0.15) is 0 Å². The van der Waals surface area contributed by atoms with Crippen molar-refractivity contribution in [3.63, 3.8) is 0 Å². The first-order valence-electron chi connectivity index (χ1n) is 7.86.